The van der Waals surface area contributed by atoms with Crippen molar-refractivity contribution < 1.29 is 14.3 Å². The molecule has 84 valence electrons. The van der Waals surface area contributed by atoms with E-state index < -0.39 is 0 Å². The fourth-order valence-electron chi connectivity index (χ4n) is 1.81. The van der Waals surface area contributed by atoms with Gasteiger partial charge in [-0.15, -0.1) is 0 Å². The summed E-state index contributed by atoms with van der Waals surface area (Å²) in [4.78, 5) is 11.3. The topological polar surface area (TPSA) is 35.5 Å². The first-order valence-electron chi connectivity index (χ1n) is 5.24. The Morgan fingerprint density at radius 1 is 1.50 bits per heavy atom. The second-order valence-electron chi connectivity index (χ2n) is 3.83. The fourth-order valence-corrected chi connectivity index (χ4v) is 1.81. The highest BCUT2D eigenvalue weighted by atomic mass is 16.5. The van der Waals surface area contributed by atoms with Crippen LogP contribution in [-0.2, 0) is 9.53 Å². The summed E-state index contributed by atoms with van der Waals surface area (Å²) < 4.78 is 10.2. The molecule has 0 aliphatic carbocycles. The molecule has 0 aromatic heterocycles. The highest BCUT2D eigenvalue weighted by Crippen LogP contribution is 2.35. The summed E-state index contributed by atoms with van der Waals surface area (Å²) in [6.07, 6.45) is 1.55. The summed E-state index contributed by atoms with van der Waals surface area (Å²) in [5, 5.41) is 0. The number of rotatable bonds is 1. The summed E-state index contributed by atoms with van der Waals surface area (Å²) in [6, 6.07) is 7.72. The van der Waals surface area contributed by atoms with Gasteiger partial charge in [0.15, 0.2) is 0 Å². The summed E-state index contributed by atoms with van der Waals surface area (Å²) >= 11 is 0. The minimum absolute atomic E-state index is 0.203. The summed E-state index contributed by atoms with van der Waals surface area (Å²) in [6.45, 7) is 2.63. The minimum Gasteiger partial charge on any atom is -0.492 e. The van der Waals surface area contributed by atoms with Crippen molar-refractivity contribution in [1.29, 1.82) is 0 Å². The minimum atomic E-state index is -0.321. The van der Waals surface area contributed by atoms with E-state index in [1.165, 1.54) is 7.11 Å². The van der Waals surface area contributed by atoms with E-state index in [4.69, 9.17) is 4.74 Å². The van der Waals surface area contributed by atoms with E-state index in [-0.39, 0.29) is 11.9 Å². The zero-order chi connectivity index (χ0) is 11.5. The highest BCUT2D eigenvalue weighted by molar-refractivity contribution is 5.93. The second kappa shape index (κ2) is 4.39. The third-order valence-corrected chi connectivity index (χ3v) is 2.69. The van der Waals surface area contributed by atoms with Crippen LogP contribution in [0.25, 0.3) is 5.57 Å². The van der Waals surface area contributed by atoms with Crippen molar-refractivity contribution in [2.45, 2.75) is 6.92 Å². The first-order chi connectivity index (χ1) is 7.72. The lowest BCUT2D eigenvalue weighted by atomic mass is 9.91. The number of ether oxygens (including phenoxy) is 2. The predicted octanol–water partition coefficient (Wildman–Crippen LogP) is 2.27. The number of para-hydroxylation sites is 1. The SMILES string of the molecule is COC(=O)/C=C1\c2ccccc2OCC1C. The second-order valence-corrected chi connectivity index (χ2v) is 3.83. The molecule has 0 bridgehead atoms. The van der Waals surface area contributed by atoms with Gasteiger partial charge in [-0.25, -0.2) is 4.79 Å². The van der Waals surface area contributed by atoms with E-state index in [2.05, 4.69) is 4.74 Å². The van der Waals surface area contributed by atoms with Crippen LogP contribution in [0.5, 0.6) is 5.75 Å². The van der Waals surface area contributed by atoms with Gasteiger partial charge in [0.05, 0.1) is 13.7 Å². The number of carbonyl (C=O) groups excluding carboxylic acids is 1. The third-order valence-electron chi connectivity index (χ3n) is 2.69. The van der Waals surface area contributed by atoms with Crippen LogP contribution in [0.2, 0.25) is 0 Å². The lowest BCUT2D eigenvalue weighted by Crippen LogP contribution is -2.18. The van der Waals surface area contributed by atoms with Gasteiger partial charge < -0.3 is 9.47 Å². The Labute approximate surface area is 94.7 Å². The van der Waals surface area contributed by atoms with E-state index in [1.807, 2.05) is 31.2 Å². The van der Waals surface area contributed by atoms with Crippen LogP contribution in [0.3, 0.4) is 0 Å². The van der Waals surface area contributed by atoms with Crippen LogP contribution in [-0.4, -0.2) is 19.7 Å². The van der Waals surface area contributed by atoms with E-state index >= 15 is 0 Å². The number of benzene rings is 1. The Kier molecular flexibility index (Phi) is 2.95. The standard InChI is InChI=1S/C13H14O3/c1-9-8-16-12-6-4-3-5-10(12)11(9)7-13(14)15-2/h3-7,9H,8H2,1-2H3/b11-7-. The first-order valence-corrected chi connectivity index (χ1v) is 5.24. The maximum absolute atomic E-state index is 11.3. The lowest BCUT2D eigenvalue weighted by Gasteiger charge is -2.25. The number of hydrogen-bond acceptors (Lipinski definition) is 3. The summed E-state index contributed by atoms with van der Waals surface area (Å²) in [5.41, 5.74) is 1.96. The lowest BCUT2D eigenvalue weighted by molar-refractivity contribution is -0.134. The molecule has 1 aromatic carbocycles. The molecule has 0 saturated carbocycles. The van der Waals surface area contributed by atoms with Crippen LogP contribution >= 0.6 is 0 Å². The largest absolute Gasteiger partial charge is 0.492 e. The molecule has 1 unspecified atom stereocenters. The Hall–Kier alpha value is -1.77. The zero-order valence-corrected chi connectivity index (χ0v) is 9.40. The van der Waals surface area contributed by atoms with Gasteiger partial charge in [0.25, 0.3) is 0 Å². The molecule has 0 radical (unpaired) electrons. The molecule has 3 nitrogen and oxygen atoms in total. The molecular formula is C13H14O3. The average molecular weight is 218 g/mol. The maximum Gasteiger partial charge on any atom is 0.330 e. The van der Waals surface area contributed by atoms with Crippen molar-refractivity contribution in [2.24, 2.45) is 5.92 Å². The molecule has 0 fully saturated rings. The van der Waals surface area contributed by atoms with Gasteiger partial charge >= 0.3 is 5.97 Å². The molecule has 1 aromatic rings. The Balaban J connectivity index is 2.44. The van der Waals surface area contributed by atoms with Gasteiger partial charge in [-0.2, -0.15) is 0 Å². The van der Waals surface area contributed by atoms with Gasteiger partial charge in [-0.3, -0.25) is 0 Å². The molecule has 1 heterocycles. The van der Waals surface area contributed by atoms with Crippen molar-refractivity contribution in [2.75, 3.05) is 13.7 Å². The Morgan fingerprint density at radius 2 is 2.25 bits per heavy atom. The van der Waals surface area contributed by atoms with Crippen molar-refractivity contribution in [3.05, 3.63) is 35.9 Å². The molecule has 2 rings (SSSR count). The van der Waals surface area contributed by atoms with Gasteiger partial charge in [-0.1, -0.05) is 25.1 Å². The normalized spacial score (nSPS) is 21.1. The van der Waals surface area contributed by atoms with Gasteiger partial charge in [0.2, 0.25) is 0 Å². The van der Waals surface area contributed by atoms with Crippen molar-refractivity contribution in [3.63, 3.8) is 0 Å². The Bertz CT molecular complexity index is 435. The molecule has 3 heteroatoms. The molecular weight excluding hydrogens is 204 g/mol. The van der Waals surface area contributed by atoms with E-state index in [0.717, 1.165) is 16.9 Å². The smallest absolute Gasteiger partial charge is 0.330 e. The molecule has 0 amide bonds. The van der Waals surface area contributed by atoms with Crippen molar-refractivity contribution in [1.82, 2.24) is 0 Å². The first kappa shape index (κ1) is 10.7. The van der Waals surface area contributed by atoms with E-state index in [1.54, 1.807) is 6.08 Å². The van der Waals surface area contributed by atoms with Crippen molar-refractivity contribution >= 4 is 11.5 Å². The summed E-state index contributed by atoms with van der Waals surface area (Å²) in [7, 11) is 1.38. The quantitative estimate of drug-likeness (QED) is 0.536. The number of methoxy groups -OCH3 is 1. The van der Waals surface area contributed by atoms with Crippen molar-refractivity contribution in [3.8, 4) is 5.75 Å². The van der Waals surface area contributed by atoms with E-state index in [9.17, 15) is 4.79 Å². The molecule has 16 heavy (non-hydrogen) atoms. The van der Waals surface area contributed by atoms with Crippen LogP contribution in [0.15, 0.2) is 30.3 Å². The van der Waals surface area contributed by atoms with Crippen LogP contribution in [0, 0.1) is 5.92 Å². The molecule has 0 spiro atoms. The average Bonchev–Trinajstić information content (AvgIpc) is 2.32. The zero-order valence-electron chi connectivity index (χ0n) is 9.40. The highest BCUT2D eigenvalue weighted by Gasteiger charge is 2.22. The number of hydrogen-bond donors (Lipinski definition) is 0. The molecule has 0 saturated heterocycles. The maximum atomic E-state index is 11.3. The summed E-state index contributed by atoms with van der Waals surface area (Å²) in [5.74, 6) is 0.711. The van der Waals surface area contributed by atoms with E-state index in [0.29, 0.717) is 6.61 Å². The van der Waals surface area contributed by atoms with Gasteiger partial charge in [0, 0.05) is 17.6 Å². The fraction of sp³-hybridized carbons (Fsp3) is 0.308. The number of esters is 1. The molecule has 1 aliphatic rings. The Morgan fingerprint density at radius 3 is 3.00 bits per heavy atom. The molecule has 0 N–H and O–H groups in total. The van der Waals surface area contributed by atoms with Crippen LogP contribution in [0.4, 0.5) is 0 Å². The molecule has 1 aliphatic heterocycles. The van der Waals surface area contributed by atoms with Gasteiger partial charge in [0.1, 0.15) is 5.75 Å². The predicted molar refractivity (Wildman–Crippen MR) is 61.1 cm³/mol. The molecule has 1 atom stereocenters. The van der Waals surface area contributed by atoms with Crippen LogP contribution in [0.1, 0.15) is 12.5 Å². The number of carbonyl (C=O) groups is 1. The number of fused-ring (bicyclic) bond motifs is 1. The van der Waals surface area contributed by atoms with Crippen LogP contribution < -0.4 is 4.74 Å². The van der Waals surface area contributed by atoms with Gasteiger partial charge in [-0.05, 0) is 11.6 Å². The third kappa shape index (κ3) is 1.94. The monoisotopic (exact) mass is 218 g/mol.